The zero-order valence-electron chi connectivity index (χ0n) is 11.9. The van der Waals surface area contributed by atoms with Gasteiger partial charge in [0.1, 0.15) is 0 Å². The van der Waals surface area contributed by atoms with Crippen molar-refractivity contribution in [3.05, 3.63) is 39.9 Å². The van der Waals surface area contributed by atoms with E-state index in [4.69, 9.17) is 0 Å². The van der Waals surface area contributed by atoms with Gasteiger partial charge in [-0.15, -0.1) is 0 Å². The van der Waals surface area contributed by atoms with Gasteiger partial charge in [0.25, 0.3) is 5.69 Å². The Bertz CT molecular complexity index is 610. The molecule has 0 atom stereocenters. The van der Waals surface area contributed by atoms with Crippen LogP contribution in [0.2, 0.25) is 0 Å². The van der Waals surface area contributed by atoms with E-state index < -0.39 is 14.9 Å². The van der Waals surface area contributed by atoms with E-state index in [1.54, 1.807) is 6.07 Å². The summed E-state index contributed by atoms with van der Waals surface area (Å²) in [5, 5.41) is 10.7. The molecule has 1 saturated heterocycles. The summed E-state index contributed by atoms with van der Waals surface area (Å²) in [6.45, 7) is 1.73. The fourth-order valence-electron chi connectivity index (χ4n) is 2.40. The van der Waals surface area contributed by atoms with Gasteiger partial charge in [-0.05, 0) is 38.5 Å². The Hall–Kier alpha value is -1.51. The van der Waals surface area contributed by atoms with Crippen molar-refractivity contribution in [2.75, 3.05) is 20.1 Å². The highest BCUT2D eigenvalue weighted by Gasteiger charge is 2.22. The largest absolute Gasteiger partial charge is 0.306 e. The molecule has 0 bridgehead atoms. The predicted octanol–water partition coefficient (Wildman–Crippen LogP) is 1.11. The van der Waals surface area contributed by atoms with Crippen molar-refractivity contribution in [2.45, 2.75) is 24.6 Å². The number of nitrogens with zero attached hydrogens (tertiary/aromatic N) is 2. The van der Waals surface area contributed by atoms with Gasteiger partial charge in [0.2, 0.25) is 10.0 Å². The molecule has 0 aromatic heterocycles. The summed E-state index contributed by atoms with van der Waals surface area (Å²) in [6, 6.07) is 5.68. The summed E-state index contributed by atoms with van der Waals surface area (Å²) in [6.07, 6.45) is 1.56. The number of non-ortho nitro benzene ring substituents is 1. The maximum absolute atomic E-state index is 12.1. The molecule has 1 heterocycles. The molecular formula is C13H19N3O4S. The molecule has 1 aromatic rings. The highest BCUT2D eigenvalue weighted by Crippen LogP contribution is 2.16. The smallest absolute Gasteiger partial charge is 0.269 e. The Morgan fingerprint density at radius 3 is 2.67 bits per heavy atom. The Morgan fingerprint density at radius 1 is 1.38 bits per heavy atom. The van der Waals surface area contributed by atoms with Crippen LogP contribution < -0.4 is 4.72 Å². The minimum absolute atomic E-state index is 0.0510. The number of benzene rings is 1. The first kappa shape index (κ1) is 15.9. The highest BCUT2D eigenvalue weighted by molar-refractivity contribution is 7.88. The van der Waals surface area contributed by atoms with Gasteiger partial charge in [-0.2, -0.15) is 0 Å². The lowest BCUT2D eigenvalue weighted by Crippen LogP contribution is -2.43. The van der Waals surface area contributed by atoms with Gasteiger partial charge in [-0.25, -0.2) is 13.1 Å². The molecule has 0 saturated carbocycles. The first-order valence-corrected chi connectivity index (χ1v) is 8.43. The topological polar surface area (TPSA) is 92.6 Å². The Balaban J connectivity index is 2.00. The Kier molecular flexibility index (Phi) is 4.92. The highest BCUT2D eigenvalue weighted by atomic mass is 32.2. The number of rotatable bonds is 5. The maximum atomic E-state index is 12.1. The van der Waals surface area contributed by atoms with Gasteiger partial charge in [0.15, 0.2) is 0 Å². The van der Waals surface area contributed by atoms with Crippen LogP contribution in [0.4, 0.5) is 5.69 Å². The summed E-state index contributed by atoms with van der Waals surface area (Å²) in [5.74, 6) is -0.235. The lowest BCUT2D eigenvalue weighted by molar-refractivity contribution is -0.384. The van der Waals surface area contributed by atoms with E-state index in [-0.39, 0.29) is 17.5 Å². The van der Waals surface area contributed by atoms with E-state index in [2.05, 4.69) is 9.62 Å². The molecule has 1 aromatic carbocycles. The summed E-state index contributed by atoms with van der Waals surface area (Å²) in [4.78, 5) is 12.3. The average Bonchev–Trinajstić information content (AvgIpc) is 2.41. The van der Waals surface area contributed by atoms with Gasteiger partial charge in [-0.3, -0.25) is 10.1 Å². The quantitative estimate of drug-likeness (QED) is 0.649. The number of nitro benzene ring substituents is 1. The number of likely N-dealkylation sites (tertiary alicyclic amines) is 1. The van der Waals surface area contributed by atoms with Crippen molar-refractivity contribution in [3.8, 4) is 0 Å². The third-order valence-corrected chi connectivity index (χ3v) is 4.95. The van der Waals surface area contributed by atoms with E-state index in [0.717, 1.165) is 25.9 Å². The molecule has 8 heteroatoms. The molecule has 1 aliphatic rings. The fraction of sp³-hybridized carbons (Fsp3) is 0.538. The van der Waals surface area contributed by atoms with E-state index >= 15 is 0 Å². The zero-order chi connectivity index (χ0) is 15.5. The number of nitro groups is 1. The van der Waals surface area contributed by atoms with E-state index in [1.165, 1.54) is 18.2 Å². The molecule has 2 rings (SSSR count). The minimum atomic E-state index is -3.49. The maximum Gasteiger partial charge on any atom is 0.269 e. The van der Waals surface area contributed by atoms with E-state index in [0.29, 0.717) is 5.56 Å². The van der Waals surface area contributed by atoms with Crippen molar-refractivity contribution in [1.29, 1.82) is 0 Å². The summed E-state index contributed by atoms with van der Waals surface area (Å²) in [7, 11) is -1.48. The van der Waals surface area contributed by atoms with Crippen molar-refractivity contribution < 1.29 is 13.3 Å². The van der Waals surface area contributed by atoms with Crippen LogP contribution >= 0.6 is 0 Å². The summed E-state index contributed by atoms with van der Waals surface area (Å²) >= 11 is 0. The normalized spacial score (nSPS) is 17.8. The lowest BCUT2D eigenvalue weighted by Gasteiger charge is -2.29. The van der Waals surface area contributed by atoms with Crippen molar-refractivity contribution >= 4 is 15.7 Å². The van der Waals surface area contributed by atoms with Crippen LogP contribution in [0.3, 0.4) is 0 Å². The molecule has 0 spiro atoms. The molecule has 0 unspecified atom stereocenters. The van der Waals surface area contributed by atoms with Crippen molar-refractivity contribution in [2.24, 2.45) is 0 Å². The number of piperidine rings is 1. The Labute approximate surface area is 124 Å². The van der Waals surface area contributed by atoms with E-state index in [9.17, 15) is 18.5 Å². The van der Waals surface area contributed by atoms with Crippen LogP contribution in [0.15, 0.2) is 24.3 Å². The molecule has 0 aliphatic carbocycles. The zero-order valence-corrected chi connectivity index (χ0v) is 12.7. The third-order valence-electron chi connectivity index (χ3n) is 3.54. The SMILES string of the molecule is CN1CCC(NS(=O)(=O)Cc2cccc([N+](=O)[O-])c2)CC1. The minimum Gasteiger partial charge on any atom is -0.306 e. The Morgan fingerprint density at radius 2 is 2.05 bits per heavy atom. The molecule has 7 nitrogen and oxygen atoms in total. The average molecular weight is 313 g/mol. The standard InChI is InChI=1S/C13H19N3O4S/c1-15-7-5-12(6-8-15)14-21(19,20)10-11-3-2-4-13(9-11)16(17)18/h2-4,9,12,14H,5-8,10H2,1H3. The van der Waals surface area contributed by atoms with Gasteiger partial charge in [0, 0.05) is 18.2 Å². The van der Waals surface area contributed by atoms with Crippen LogP contribution in [-0.4, -0.2) is 44.4 Å². The van der Waals surface area contributed by atoms with E-state index in [1.807, 2.05) is 7.05 Å². The monoisotopic (exact) mass is 313 g/mol. The lowest BCUT2D eigenvalue weighted by atomic mass is 10.1. The second kappa shape index (κ2) is 6.50. The predicted molar refractivity (Wildman–Crippen MR) is 79.4 cm³/mol. The summed E-state index contributed by atoms with van der Waals surface area (Å²) < 4.78 is 27.0. The van der Waals surface area contributed by atoms with Gasteiger partial charge >= 0.3 is 0 Å². The fourth-order valence-corrected chi connectivity index (χ4v) is 3.85. The molecule has 1 fully saturated rings. The van der Waals surface area contributed by atoms with Crippen LogP contribution in [-0.2, 0) is 15.8 Å². The molecular weight excluding hydrogens is 294 g/mol. The van der Waals surface area contributed by atoms with Crippen LogP contribution in [0.25, 0.3) is 0 Å². The summed E-state index contributed by atoms with van der Waals surface area (Å²) in [5.41, 5.74) is 0.326. The van der Waals surface area contributed by atoms with Crippen LogP contribution in [0.1, 0.15) is 18.4 Å². The van der Waals surface area contributed by atoms with Crippen LogP contribution in [0.5, 0.6) is 0 Å². The second-order valence-electron chi connectivity index (χ2n) is 5.38. The molecule has 1 aliphatic heterocycles. The second-order valence-corrected chi connectivity index (χ2v) is 7.14. The molecule has 0 radical (unpaired) electrons. The molecule has 21 heavy (non-hydrogen) atoms. The molecule has 116 valence electrons. The van der Waals surface area contributed by atoms with Crippen LogP contribution in [0, 0.1) is 10.1 Å². The molecule has 1 N–H and O–H groups in total. The van der Waals surface area contributed by atoms with Crippen molar-refractivity contribution in [3.63, 3.8) is 0 Å². The number of hydrogen-bond donors (Lipinski definition) is 1. The van der Waals surface area contributed by atoms with Gasteiger partial charge in [-0.1, -0.05) is 12.1 Å². The van der Waals surface area contributed by atoms with Gasteiger partial charge < -0.3 is 4.90 Å². The third kappa shape index (κ3) is 4.76. The first-order valence-electron chi connectivity index (χ1n) is 6.77. The van der Waals surface area contributed by atoms with Gasteiger partial charge in [0.05, 0.1) is 10.7 Å². The number of hydrogen-bond acceptors (Lipinski definition) is 5. The van der Waals surface area contributed by atoms with Crippen molar-refractivity contribution in [1.82, 2.24) is 9.62 Å². The molecule has 0 amide bonds. The first-order chi connectivity index (χ1) is 9.85. The number of sulfonamides is 1. The number of nitrogens with one attached hydrogen (secondary N) is 1.